The van der Waals surface area contributed by atoms with E-state index in [1.807, 2.05) is 0 Å². The smallest absolute Gasteiger partial charge is 0.229 e. The number of carbonyl (C=O) groups is 1. The molecule has 1 saturated heterocycles. The summed E-state index contributed by atoms with van der Waals surface area (Å²) in [6.45, 7) is 1.46. The average Bonchev–Trinajstić information content (AvgIpc) is 2.69. The summed E-state index contributed by atoms with van der Waals surface area (Å²) >= 11 is 0. The highest BCUT2D eigenvalue weighted by molar-refractivity contribution is 6.13. The van der Waals surface area contributed by atoms with Gasteiger partial charge < -0.3 is 44.8 Å². The molecule has 162 valence electrons. The second kappa shape index (κ2) is 8.36. The predicted molar refractivity (Wildman–Crippen MR) is 101 cm³/mol. The van der Waals surface area contributed by atoms with Crippen LogP contribution in [0.25, 0.3) is 0 Å². The topological polar surface area (TPSA) is 166 Å². The van der Waals surface area contributed by atoms with Crippen molar-refractivity contribution in [2.24, 2.45) is 0 Å². The van der Waals surface area contributed by atoms with E-state index in [9.17, 15) is 35.4 Å². The van der Waals surface area contributed by atoms with Crippen LogP contribution in [0.15, 0.2) is 30.3 Å². The van der Waals surface area contributed by atoms with Crippen LogP contribution in [0.5, 0.6) is 28.7 Å². The number of aliphatic hydroxyl groups is 3. The van der Waals surface area contributed by atoms with Gasteiger partial charge in [0.05, 0.1) is 13.2 Å². The molecule has 2 aromatic rings. The number of hydrogen-bond donors (Lipinski definition) is 6. The number of phenolic OH excluding ortho intramolecular Hbond substituents is 3. The van der Waals surface area contributed by atoms with Gasteiger partial charge in [0.1, 0.15) is 52.6 Å². The van der Waals surface area contributed by atoms with E-state index in [-0.39, 0.29) is 34.1 Å². The fraction of sp³-hybridized carbons (Fsp3) is 0.350. The van der Waals surface area contributed by atoms with Crippen molar-refractivity contribution in [1.82, 2.24) is 0 Å². The normalized spacial score (nSPS) is 26.2. The predicted octanol–water partition coefficient (Wildman–Crippen LogP) is 0.249. The first-order valence-corrected chi connectivity index (χ1v) is 8.97. The minimum absolute atomic E-state index is 0.122. The highest BCUT2D eigenvalue weighted by Gasteiger charge is 2.43. The Labute approximate surface area is 171 Å². The molecule has 2 aromatic carbocycles. The van der Waals surface area contributed by atoms with Crippen molar-refractivity contribution in [3.63, 3.8) is 0 Å². The quantitative estimate of drug-likeness (QED) is 0.368. The van der Waals surface area contributed by atoms with E-state index in [2.05, 4.69) is 0 Å². The van der Waals surface area contributed by atoms with Gasteiger partial charge in [0.15, 0.2) is 0 Å². The third-order valence-electron chi connectivity index (χ3n) is 4.73. The lowest BCUT2D eigenvalue weighted by Crippen LogP contribution is -2.58. The molecule has 0 aliphatic carbocycles. The highest BCUT2D eigenvalue weighted by Crippen LogP contribution is 2.37. The Balaban J connectivity index is 2.03. The molecule has 1 aliphatic heterocycles. The van der Waals surface area contributed by atoms with Crippen LogP contribution in [0.2, 0.25) is 0 Å². The molecule has 0 aromatic heterocycles. The number of aromatic hydroxyl groups is 3. The van der Waals surface area contributed by atoms with Gasteiger partial charge in [-0.2, -0.15) is 0 Å². The molecule has 5 atom stereocenters. The molecule has 0 bridgehead atoms. The Bertz CT molecular complexity index is 923. The van der Waals surface area contributed by atoms with E-state index in [1.54, 1.807) is 0 Å². The molecule has 0 saturated carbocycles. The fourth-order valence-corrected chi connectivity index (χ4v) is 3.12. The molecule has 10 heteroatoms. The van der Waals surface area contributed by atoms with Crippen molar-refractivity contribution < 1.29 is 49.6 Å². The Hall–Kier alpha value is -3.05. The molecular weight excluding hydrogens is 400 g/mol. The third kappa shape index (κ3) is 4.12. The van der Waals surface area contributed by atoms with Crippen LogP contribution in [0.1, 0.15) is 22.8 Å². The second-order valence-corrected chi connectivity index (χ2v) is 6.89. The van der Waals surface area contributed by atoms with Crippen LogP contribution >= 0.6 is 0 Å². The summed E-state index contributed by atoms with van der Waals surface area (Å²) in [5.41, 5.74) is -0.503. The first kappa shape index (κ1) is 21.7. The highest BCUT2D eigenvalue weighted by atomic mass is 16.7. The van der Waals surface area contributed by atoms with Gasteiger partial charge in [0.25, 0.3) is 0 Å². The molecule has 30 heavy (non-hydrogen) atoms. The van der Waals surface area contributed by atoms with Crippen molar-refractivity contribution in [3.8, 4) is 28.7 Å². The summed E-state index contributed by atoms with van der Waals surface area (Å²) in [5, 5.41) is 59.7. The average molecular weight is 422 g/mol. The minimum atomic E-state index is -1.66. The number of benzene rings is 2. The van der Waals surface area contributed by atoms with Crippen molar-refractivity contribution in [2.45, 2.75) is 37.6 Å². The van der Waals surface area contributed by atoms with Gasteiger partial charge >= 0.3 is 0 Å². The van der Waals surface area contributed by atoms with E-state index >= 15 is 0 Å². The van der Waals surface area contributed by atoms with Crippen LogP contribution in [0, 0.1) is 0 Å². The van der Waals surface area contributed by atoms with Gasteiger partial charge in [0, 0.05) is 23.8 Å². The number of aliphatic hydroxyl groups excluding tert-OH is 3. The molecule has 1 fully saturated rings. The largest absolute Gasteiger partial charge is 0.508 e. The molecule has 0 amide bonds. The van der Waals surface area contributed by atoms with Crippen molar-refractivity contribution >= 4 is 5.78 Å². The summed E-state index contributed by atoms with van der Waals surface area (Å²) in [6.07, 6.45) is -6.95. The summed E-state index contributed by atoms with van der Waals surface area (Å²) in [6, 6.07) is 5.62. The van der Waals surface area contributed by atoms with Crippen LogP contribution < -0.4 is 9.47 Å². The molecule has 3 rings (SSSR count). The number of carbonyl (C=O) groups excluding carboxylic acids is 1. The third-order valence-corrected chi connectivity index (χ3v) is 4.73. The van der Waals surface area contributed by atoms with E-state index < -0.39 is 42.2 Å². The first-order valence-electron chi connectivity index (χ1n) is 8.97. The van der Waals surface area contributed by atoms with Crippen LogP contribution in [0.3, 0.4) is 0 Å². The SMILES string of the molecule is COc1cc(O)c(C(=O)c2cc(O)cc(O)c2)c(OC2OC(C)C(O)C(O)C2O)c1. The maximum absolute atomic E-state index is 13.0. The minimum Gasteiger partial charge on any atom is -0.508 e. The van der Waals surface area contributed by atoms with E-state index in [0.29, 0.717) is 0 Å². The zero-order chi connectivity index (χ0) is 22.2. The number of rotatable bonds is 5. The van der Waals surface area contributed by atoms with Crippen LogP contribution in [-0.4, -0.2) is 74.2 Å². The molecule has 6 N–H and O–H groups in total. The molecular formula is C20H22O10. The van der Waals surface area contributed by atoms with Gasteiger partial charge in [-0.1, -0.05) is 0 Å². The van der Waals surface area contributed by atoms with E-state index in [1.165, 1.54) is 20.1 Å². The molecule has 0 radical (unpaired) electrons. The Morgan fingerprint density at radius 2 is 1.57 bits per heavy atom. The molecule has 1 heterocycles. The first-order chi connectivity index (χ1) is 14.1. The summed E-state index contributed by atoms with van der Waals surface area (Å²) in [4.78, 5) is 13.0. The van der Waals surface area contributed by atoms with Crippen LogP contribution in [0.4, 0.5) is 0 Å². The fourth-order valence-electron chi connectivity index (χ4n) is 3.12. The van der Waals surface area contributed by atoms with Gasteiger partial charge in [-0.3, -0.25) is 4.79 Å². The Morgan fingerprint density at radius 1 is 0.933 bits per heavy atom. The molecule has 0 spiro atoms. The van der Waals surface area contributed by atoms with Gasteiger partial charge in [0.2, 0.25) is 12.1 Å². The van der Waals surface area contributed by atoms with Crippen LogP contribution in [-0.2, 0) is 4.74 Å². The maximum Gasteiger partial charge on any atom is 0.229 e. The zero-order valence-electron chi connectivity index (χ0n) is 16.1. The standard InChI is InChI=1S/C20H22O10/c1-8-16(24)18(26)19(27)20(29-8)30-14-7-12(28-2)6-13(23)15(14)17(25)9-3-10(21)5-11(22)4-9/h3-8,16,18-24,26-27H,1-2H3. The Kier molecular flexibility index (Phi) is 6.04. The maximum atomic E-state index is 13.0. The van der Waals surface area contributed by atoms with Gasteiger partial charge in [-0.05, 0) is 19.1 Å². The van der Waals surface area contributed by atoms with E-state index in [4.69, 9.17) is 14.2 Å². The number of ether oxygens (including phenoxy) is 3. The van der Waals surface area contributed by atoms with Gasteiger partial charge in [-0.15, -0.1) is 0 Å². The zero-order valence-corrected chi connectivity index (χ0v) is 16.1. The number of phenols is 3. The Morgan fingerprint density at radius 3 is 2.17 bits per heavy atom. The van der Waals surface area contributed by atoms with Crippen molar-refractivity contribution in [3.05, 3.63) is 41.5 Å². The molecule has 10 nitrogen and oxygen atoms in total. The second-order valence-electron chi connectivity index (χ2n) is 6.89. The van der Waals surface area contributed by atoms with Crippen molar-refractivity contribution in [1.29, 1.82) is 0 Å². The lowest BCUT2D eigenvalue weighted by atomic mass is 9.99. The number of methoxy groups -OCH3 is 1. The van der Waals surface area contributed by atoms with Crippen molar-refractivity contribution in [2.75, 3.05) is 7.11 Å². The monoisotopic (exact) mass is 422 g/mol. The summed E-state index contributed by atoms with van der Waals surface area (Å²) in [7, 11) is 1.32. The molecule has 1 aliphatic rings. The van der Waals surface area contributed by atoms with E-state index in [0.717, 1.165) is 24.3 Å². The number of ketones is 1. The molecule has 5 unspecified atom stereocenters. The lowest BCUT2D eigenvalue weighted by Gasteiger charge is -2.39. The van der Waals surface area contributed by atoms with Gasteiger partial charge in [-0.25, -0.2) is 0 Å². The number of hydrogen-bond acceptors (Lipinski definition) is 10. The summed E-state index contributed by atoms with van der Waals surface area (Å²) < 4.78 is 16.0. The summed E-state index contributed by atoms with van der Waals surface area (Å²) in [5.74, 6) is -2.21. The lowest BCUT2D eigenvalue weighted by molar-refractivity contribution is -0.268.